The Morgan fingerprint density at radius 3 is 2.89 bits per heavy atom. The van der Waals surface area contributed by atoms with Crippen molar-refractivity contribution in [3.05, 3.63) is 24.3 Å². The molecule has 4 heteroatoms. The first-order valence-electron chi connectivity index (χ1n) is 6.55. The van der Waals surface area contributed by atoms with E-state index in [-0.39, 0.29) is 12.1 Å². The third-order valence-electron chi connectivity index (χ3n) is 3.25. The maximum absolute atomic E-state index is 6.05. The van der Waals surface area contributed by atoms with Crippen molar-refractivity contribution in [3.8, 4) is 5.75 Å². The normalized spacial score (nSPS) is 20.3. The van der Waals surface area contributed by atoms with E-state index in [1.54, 1.807) is 0 Å². The Kier molecular flexibility index (Phi) is 4.92. The average molecular weight is 266 g/mol. The van der Waals surface area contributed by atoms with E-state index in [4.69, 9.17) is 10.6 Å². The molecule has 2 unspecified atom stereocenters. The zero-order valence-electron chi connectivity index (χ0n) is 11.1. The number of hydrogen-bond donors (Lipinski definition) is 2. The third kappa shape index (κ3) is 3.40. The van der Waals surface area contributed by atoms with E-state index < -0.39 is 0 Å². The fraction of sp³-hybridized carbons (Fsp3) is 0.571. The highest BCUT2D eigenvalue weighted by atomic mass is 32.2. The summed E-state index contributed by atoms with van der Waals surface area (Å²) in [6, 6.07) is 8.43. The van der Waals surface area contributed by atoms with Crippen molar-refractivity contribution in [3.63, 3.8) is 0 Å². The molecule has 0 saturated carbocycles. The Bertz CT molecular complexity index is 384. The summed E-state index contributed by atoms with van der Waals surface area (Å²) >= 11 is 1.85. The van der Waals surface area contributed by atoms with Crippen LogP contribution in [0.2, 0.25) is 0 Å². The summed E-state index contributed by atoms with van der Waals surface area (Å²) in [5.74, 6) is 8.32. The highest BCUT2D eigenvalue weighted by Gasteiger charge is 2.27. The molecule has 0 radical (unpaired) electrons. The van der Waals surface area contributed by atoms with Gasteiger partial charge in [0.15, 0.2) is 0 Å². The number of hydrogen-bond acceptors (Lipinski definition) is 4. The predicted molar refractivity (Wildman–Crippen MR) is 76.8 cm³/mol. The van der Waals surface area contributed by atoms with Crippen molar-refractivity contribution < 1.29 is 4.74 Å². The van der Waals surface area contributed by atoms with E-state index >= 15 is 0 Å². The SMILES string of the molecule is CC(C)CCC(NN)C1CSc2ccccc2O1. The van der Waals surface area contributed by atoms with Gasteiger partial charge in [0.2, 0.25) is 0 Å². The maximum atomic E-state index is 6.05. The van der Waals surface area contributed by atoms with Crippen molar-refractivity contribution in [2.75, 3.05) is 5.75 Å². The zero-order chi connectivity index (χ0) is 13.0. The van der Waals surface area contributed by atoms with Gasteiger partial charge in [-0.15, -0.1) is 11.8 Å². The summed E-state index contributed by atoms with van der Waals surface area (Å²) in [5, 5.41) is 0. The molecule has 1 aliphatic rings. The molecule has 1 aliphatic heterocycles. The number of hydrazine groups is 1. The largest absolute Gasteiger partial charge is 0.487 e. The van der Waals surface area contributed by atoms with Crippen LogP contribution in [0.3, 0.4) is 0 Å². The second-order valence-corrected chi connectivity index (χ2v) is 6.22. The summed E-state index contributed by atoms with van der Waals surface area (Å²) in [7, 11) is 0. The van der Waals surface area contributed by atoms with Gasteiger partial charge in [-0.05, 0) is 30.9 Å². The molecular weight excluding hydrogens is 244 g/mol. The van der Waals surface area contributed by atoms with Crippen molar-refractivity contribution in [2.45, 2.75) is 43.7 Å². The lowest BCUT2D eigenvalue weighted by Crippen LogP contribution is -2.48. The molecule has 0 bridgehead atoms. The lowest BCUT2D eigenvalue weighted by Gasteiger charge is -2.31. The molecule has 1 heterocycles. The van der Waals surface area contributed by atoms with Crippen molar-refractivity contribution in [2.24, 2.45) is 11.8 Å². The molecule has 1 aromatic rings. The second-order valence-electron chi connectivity index (χ2n) is 5.16. The number of benzene rings is 1. The van der Waals surface area contributed by atoms with E-state index in [0.717, 1.165) is 17.9 Å². The van der Waals surface area contributed by atoms with Crippen LogP contribution in [0.1, 0.15) is 26.7 Å². The van der Waals surface area contributed by atoms with E-state index in [0.29, 0.717) is 5.92 Å². The molecule has 0 aliphatic carbocycles. The number of rotatable bonds is 5. The number of nitrogens with one attached hydrogen (secondary N) is 1. The van der Waals surface area contributed by atoms with Gasteiger partial charge in [-0.25, -0.2) is 0 Å². The third-order valence-corrected chi connectivity index (χ3v) is 4.39. The van der Waals surface area contributed by atoms with Gasteiger partial charge in [-0.1, -0.05) is 26.0 Å². The van der Waals surface area contributed by atoms with Crippen LogP contribution in [0.15, 0.2) is 29.2 Å². The topological polar surface area (TPSA) is 47.3 Å². The maximum Gasteiger partial charge on any atom is 0.133 e. The Labute approximate surface area is 113 Å². The van der Waals surface area contributed by atoms with Crippen LogP contribution in [0.4, 0.5) is 0 Å². The second kappa shape index (κ2) is 6.45. The summed E-state index contributed by atoms with van der Waals surface area (Å²) in [6.45, 7) is 4.47. The fourth-order valence-corrected chi connectivity index (χ4v) is 3.20. The molecule has 2 atom stereocenters. The number of para-hydroxylation sites is 1. The minimum absolute atomic E-state index is 0.161. The smallest absolute Gasteiger partial charge is 0.133 e. The van der Waals surface area contributed by atoms with Gasteiger partial charge in [-0.2, -0.15) is 0 Å². The molecule has 1 aromatic carbocycles. The van der Waals surface area contributed by atoms with E-state index in [9.17, 15) is 0 Å². The van der Waals surface area contributed by atoms with E-state index in [1.807, 2.05) is 30.0 Å². The van der Waals surface area contributed by atoms with Crippen LogP contribution in [-0.2, 0) is 0 Å². The standard InChI is InChI=1S/C14H22N2OS/c1-10(2)7-8-11(16-15)13-9-18-14-6-4-3-5-12(14)17-13/h3-6,10-11,13,16H,7-9,15H2,1-2H3. The molecule has 0 fully saturated rings. The quantitative estimate of drug-likeness (QED) is 0.635. The Morgan fingerprint density at radius 2 is 2.17 bits per heavy atom. The Morgan fingerprint density at radius 1 is 1.39 bits per heavy atom. The van der Waals surface area contributed by atoms with Crippen LogP contribution in [0, 0.1) is 5.92 Å². The first-order valence-corrected chi connectivity index (χ1v) is 7.54. The molecule has 3 nitrogen and oxygen atoms in total. The average Bonchev–Trinajstić information content (AvgIpc) is 2.39. The minimum atomic E-state index is 0.161. The molecule has 0 spiro atoms. The van der Waals surface area contributed by atoms with Crippen LogP contribution in [0.25, 0.3) is 0 Å². The van der Waals surface area contributed by atoms with E-state index in [2.05, 4.69) is 25.3 Å². The van der Waals surface area contributed by atoms with Gasteiger partial charge in [0.05, 0.1) is 6.04 Å². The van der Waals surface area contributed by atoms with Gasteiger partial charge >= 0.3 is 0 Å². The van der Waals surface area contributed by atoms with Crippen LogP contribution >= 0.6 is 11.8 Å². The fourth-order valence-electron chi connectivity index (χ4n) is 2.12. The molecular formula is C14H22N2OS. The lowest BCUT2D eigenvalue weighted by atomic mass is 10.0. The Hall–Kier alpha value is -0.710. The van der Waals surface area contributed by atoms with E-state index in [1.165, 1.54) is 11.3 Å². The highest BCUT2D eigenvalue weighted by molar-refractivity contribution is 7.99. The number of ether oxygens (including phenoxy) is 1. The van der Waals surface area contributed by atoms with Gasteiger partial charge in [-0.3, -0.25) is 11.3 Å². The minimum Gasteiger partial charge on any atom is -0.487 e. The summed E-state index contributed by atoms with van der Waals surface area (Å²) in [6.07, 6.45) is 2.39. The highest BCUT2D eigenvalue weighted by Crippen LogP contribution is 2.36. The molecule has 3 N–H and O–H groups in total. The molecule has 0 amide bonds. The molecule has 100 valence electrons. The van der Waals surface area contributed by atoms with Crippen LogP contribution < -0.4 is 16.0 Å². The molecule has 18 heavy (non-hydrogen) atoms. The van der Waals surface area contributed by atoms with Crippen molar-refractivity contribution in [1.29, 1.82) is 0 Å². The zero-order valence-corrected chi connectivity index (χ0v) is 11.9. The van der Waals surface area contributed by atoms with Crippen LogP contribution in [-0.4, -0.2) is 17.9 Å². The summed E-state index contributed by atoms with van der Waals surface area (Å²) in [4.78, 5) is 1.23. The summed E-state index contributed by atoms with van der Waals surface area (Å²) < 4.78 is 6.05. The number of thioether (sulfide) groups is 1. The Balaban J connectivity index is 1.98. The van der Waals surface area contributed by atoms with Gasteiger partial charge < -0.3 is 4.74 Å². The lowest BCUT2D eigenvalue weighted by molar-refractivity contribution is 0.157. The first kappa shape index (κ1) is 13.7. The van der Waals surface area contributed by atoms with Crippen molar-refractivity contribution in [1.82, 2.24) is 5.43 Å². The number of fused-ring (bicyclic) bond motifs is 1. The molecule has 2 rings (SSSR count). The van der Waals surface area contributed by atoms with Crippen LogP contribution in [0.5, 0.6) is 5.75 Å². The first-order chi connectivity index (χ1) is 8.70. The molecule has 0 saturated heterocycles. The van der Waals surface area contributed by atoms with Gasteiger partial charge in [0, 0.05) is 10.6 Å². The summed E-state index contributed by atoms with van der Waals surface area (Å²) in [5.41, 5.74) is 2.92. The molecule has 0 aromatic heterocycles. The van der Waals surface area contributed by atoms with Crippen molar-refractivity contribution >= 4 is 11.8 Å². The predicted octanol–water partition coefficient (Wildman–Crippen LogP) is 2.81. The van der Waals surface area contributed by atoms with Gasteiger partial charge in [0.25, 0.3) is 0 Å². The monoisotopic (exact) mass is 266 g/mol. The van der Waals surface area contributed by atoms with Gasteiger partial charge in [0.1, 0.15) is 11.9 Å². The number of nitrogens with two attached hydrogens (primary N) is 1.